The predicted octanol–water partition coefficient (Wildman–Crippen LogP) is 3.34. The Kier molecular flexibility index (Phi) is 4.19. The third kappa shape index (κ3) is 3.00. The van der Waals surface area contributed by atoms with Crippen LogP contribution in [-0.2, 0) is 13.6 Å². The fraction of sp³-hybridized carbons (Fsp3) is 0.357. The monoisotopic (exact) mass is 307 g/mol. The van der Waals surface area contributed by atoms with E-state index >= 15 is 0 Å². The summed E-state index contributed by atoms with van der Waals surface area (Å²) in [7, 11) is 1.95. The standard InChI is InChI=1S/C14H18BrN3/c1-10-12(9-18(3)17-10)8-16-11(2)13-6-4-5-7-14(13)15/h4-7,9,11,16H,8H2,1-3H3/t11-/m0/s1. The van der Waals surface area contributed by atoms with Crippen LogP contribution in [0.4, 0.5) is 0 Å². The first kappa shape index (κ1) is 13.3. The molecule has 0 bridgehead atoms. The van der Waals surface area contributed by atoms with Gasteiger partial charge >= 0.3 is 0 Å². The SMILES string of the molecule is Cc1nn(C)cc1CN[C@@H](C)c1ccccc1Br. The lowest BCUT2D eigenvalue weighted by atomic mass is 10.1. The molecule has 0 saturated heterocycles. The van der Waals surface area contributed by atoms with Crippen LogP contribution in [0.1, 0.15) is 29.8 Å². The van der Waals surface area contributed by atoms with Crippen LogP contribution in [0.3, 0.4) is 0 Å². The smallest absolute Gasteiger partial charge is 0.0638 e. The van der Waals surface area contributed by atoms with Crippen LogP contribution >= 0.6 is 15.9 Å². The number of halogens is 1. The van der Waals surface area contributed by atoms with E-state index in [0.29, 0.717) is 6.04 Å². The van der Waals surface area contributed by atoms with E-state index in [9.17, 15) is 0 Å². The Morgan fingerprint density at radius 2 is 2.11 bits per heavy atom. The van der Waals surface area contributed by atoms with Crippen LogP contribution in [0.2, 0.25) is 0 Å². The van der Waals surface area contributed by atoms with Gasteiger partial charge in [-0.15, -0.1) is 0 Å². The van der Waals surface area contributed by atoms with Crippen molar-refractivity contribution in [2.24, 2.45) is 7.05 Å². The number of benzene rings is 1. The Bertz CT molecular complexity index is 534. The van der Waals surface area contributed by atoms with E-state index in [1.807, 2.05) is 24.7 Å². The van der Waals surface area contributed by atoms with Gasteiger partial charge in [0.25, 0.3) is 0 Å². The van der Waals surface area contributed by atoms with E-state index in [1.165, 1.54) is 11.1 Å². The Morgan fingerprint density at radius 3 is 2.72 bits per heavy atom. The lowest BCUT2D eigenvalue weighted by Crippen LogP contribution is -2.18. The molecule has 0 aliphatic heterocycles. The van der Waals surface area contributed by atoms with Crippen LogP contribution in [0.25, 0.3) is 0 Å². The van der Waals surface area contributed by atoms with Gasteiger partial charge in [0.2, 0.25) is 0 Å². The van der Waals surface area contributed by atoms with Gasteiger partial charge in [-0.2, -0.15) is 5.10 Å². The summed E-state index contributed by atoms with van der Waals surface area (Å²) in [6.45, 7) is 5.05. The van der Waals surface area contributed by atoms with E-state index in [0.717, 1.165) is 16.7 Å². The Balaban J connectivity index is 2.03. The molecule has 0 radical (unpaired) electrons. The highest BCUT2D eigenvalue weighted by Crippen LogP contribution is 2.23. The molecule has 0 amide bonds. The molecule has 96 valence electrons. The van der Waals surface area contributed by atoms with Crippen molar-refractivity contribution in [1.29, 1.82) is 0 Å². The van der Waals surface area contributed by atoms with Gasteiger partial charge in [0.05, 0.1) is 5.69 Å². The molecule has 0 aliphatic carbocycles. The highest BCUT2D eigenvalue weighted by atomic mass is 79.9. The molecule has 1 N–H and O–H groups in total. The van der Waals surface area contributed by atoms with Crippen LogP contribution < -0.4 is 5.32 Å². The molecule has 1 atom stereocenters. The molecule has 0 saturated carbocycles. The third-order valence-electron chi connectivity index (χ3n) is 3.09. The Labute approximate surface area is 116 Å². The van der Waals surface area contributed by atoms with Crippen molar-refractivity contribution in [3.63, 3.8) is 0 Å². The molecule has 18 heavy (non-hydrogen) atoms. The fourth-order valence-corrected chi connectivity index (χ4v) is 2.65. The van der Waals surface area contributed by atoms with E-state index in [2.05, 4.69) is 57.7 Å². The summed E-state index contributed by atoms with van der Waals surface area (Å²) in [6.07, 6.45) is 2.06. The number of hydrogen-bond donors (Lipinski definition) is 1. The Morgan fingerprint density at radius 1 is 1.39 bits per heavy atom. The minimum atomic E-state index is 0.306. The summed E-state index contributed by atoms with van der Waals surface area (Å²) in [5.41, 5.74) is 3.61. The Hall–Kier alpha value is -1.13. The molecular formula is C14H18BrN3. The van der Waals surface area contributed by atoms with Crippen LogP contribution in [0, 0.1) is 6.92 Å². The quantitative estimate of drug-likeness (QED) is 0.939. The second-order valence-corrected chi connectivity index (χ2v) is 5.39. The molecule has 1 heterocycles. The van der Waals surface area contributed by atoms with Crippen molar-refractivity contribution >= 4 is 15.9 Å². The minimum Gasteiger partial charge on any atom is -0.306 e. The van der Waals surface area contributed by atoms with Gasteiger partial charge in [0.1, 0.15) is 0 Å². The van der Waals surface area contributed by atoms with Gasteiger partial charge in [0.15, 0.2) is 0 Å². The highest BCUT2D eigenvalue weighted by molar-refractivity contribution is 9.10. The summed E-state index contributed by atoms with van der Waals surface area (Å²) in [6, 6.07) is 8.61. The zero-order valence-corrected chi connectivity index (χ0v) is 12.5. The molecule has 0 aliphatic rings. The molecule has 1 aromatic heterocycles. The fourth-order valence-electron chi connectivity index (χ4n) is 2.02. The lowest BCUT2D eigenvalue weighted by Gasteiger charge is -2.15. The molecule has 1 aromatic carbocycles. The second kappa shape index (κ2) is 5.67. The predicted molar refractivity (Wildman–Crippen MR) is 77.3 cm³/mol. The molecule has 0 unspecified atom stereocenters. The number of rotatable bonds is 4. The summed E-state index contributed by atoms with van der Waals surface area (Å²) >= 11 is 3.59. The first-order valence-electron chi connectivity index (χ1n) is 6.05. The molecule has 4 heteroatoms. The maximum absolute atomic E-state index is 4.35. The summed E-state index contributed by atoms with van der Waals surface area (Å²) in [5.74, 6) is 0. The van der Waals surface area contributed by atoms with E-state index < -0.39 is 0 Å². The highest BCUT2D eigenvalue weighted by Gasteiger charge is 2.09. The summed E-state index contributed by atoms with van der Waals surface area (Å²) in [4.78, 5) is 0. The first-order chi connectivity index (χ1) is 8.58. The topological polar surface area (TPSA) is 29.9 Å². The number of aryl methyl sites for hydroxylation is 2. The normalized spacial score (nSPS) is 12.7. The minimum absolute atomic E-state index is 0.306. The summed E-state index contributed by atoms with van der Waals surface area (Å²) in [5, 5.41) is 7.87. The maximum Gasteiger partial charge on any atom is 0.0638 e. The molecule has 2 aromatic rings. The van der Waals surface area contributed by atoms with Gasteiger partial charge in [-0.3, -0.25) is 4.68 Å². The van der Waals surface area contributed by atoms with E-state index in [4.69, 9.17) is 0 Å². The third-order valence-corrected chi connectivity index (χ3v) is 3.81. The van der Waals surface area contributed by atoms with Crippen LogP contribution in [0.15, 0.2) is 34.9 Å². The van der Waals surface area contributed by atoms with Crippen molar-refractivity contribution in [2.75, 3.05) is 0 Å². The van der Waals surface area contributed by atoms with Crippen molar-refractivity contribution in [3.05, 3.63) is 51.8 Å². The summed E-state index contributed by atoms with van der Waals surface area (Å²) < 4.78 is 3.00. The molecule has 0 spiro atoms. The zero-order chi connectivity index (χ0) is 13.1. The van der Waals surface area contributed by atoms with Crippen LogP contribution in [-0.4, -0.2) is 9.78 Å². The van der Waals surface area contributed by atoms with Crippen molar-refractivity contribution in [3.8, 4) is 0 Å². The van der Waals surface area contributed by atoms with Crippen molar-refractivity contribution in [1.82, 2.24) is 15.1 Å². The molecule has 0 fully saturated rings. The molecule has 3 nitrogen and oxygen atoms in total. The van der Waals surface area contributed by atoms with Gasteiger partial charge < -0.3 is 5.32 Å². The van der Waals surface area contributed by atoms with E-state index in [-0.39, 0.29) is 0 Å². The molecular weight excluding hydrogens is 290 g/mol. The second-order valence-electron chi connectivity index (χ2n) is 4.54. The number of nitrogens with zero attached hydrogens (tertiary/aromatic N) is 2. The number of hydrogen-bond acceptors (Lipinski definition) is 2. The number of nitrogens with one attached hydrogen (secondary N) is 1. The first-order valence-corrected chi connectivity index (χ1v) is 6.84. The van der Waals surface area contributed by atoms with Crippen molar-refractivity contribution < 1.29 is 0 Å². The van der Waals surface area contributed by atoms with Gasteiger partial charge in [0, 0.05) is 35.9 Å². The van der Waals surface area contributed by atoms with Gasteiger partial charge in [-0.1, -0.05) is 34.1 Å². The number of aromatic nitrogens is 2. The van der Waals surface area contributed by atoms with Crippen molar-refractivity contribution in [2.45, 2.75) is 26.4 Å². The van der Waals surface area contributed by atoms with Gasteiger partial charge in [-0.25, -0.2) is 0 Å². The lowest BCUT2D eigenvalue weighted by molar-refractivity contribution is 0.571. The largest absolute Gasteiger partial charge is 0.306 e. The van der Waals surface area contributed by atoms with Crippen LogP contribution in [0.5, 0.6) is 0 Å². The van der Waals surface area contributed by atoms with Gasteiger partial charge in [-0.05, 0) is 25.5 Å². The zero-order valence-electron chi connectivity index (χ0n) is 10.9. The average Bonchev–Trinajstić information content (AvgIpc) is 2.65. The average molecular weight is 308 g/mol. The van der Waals surface area contributed by atoms with E-state index in [1.54, 1.807) is 0 Å². The molecule has 2 rings (SSSR count). The maximum atomic E-state index is 4.35.